The summed E-state index contributed by atoms with van der Waals surface area (Å²) in [5.74, 6) is 0.329. The van der Waals surface area contributed by atoms with Crippen molar-refractivity contribution in [1.29, 1.82) is 0 Å². The second-order valence-electron chi connectivity index (χ2n) is 11.2. The quantitative estimate of drug-likeness (QED) is 0.121. The lowest BCUT2D eigenvalue weighted by Crippen LogP contribution is -2.35. The van der Waals surface area contributed by atoms with E-state index in [0.717, 1.165) is 34.1 Å². The molecule has 1 fully saturated rings. The molecule has 0 aliphatic heterocycles. The van der Waals surface area contributed by atoms with E-state index in [-0.39, 0.29) is 31.4 Å². The van der Waals surface area contributed by atoms with Gasteiger partial charge < -0.3 is 0 Å². The molecule has 18 heteroatoms. The van der Waals surface area contributed by atoms with Gasteiger partial charge in [0.25, 0.3) is 40.5 Å². The van der Waals surface area contributed by atoms with Gasteiger partial charge in [-0.1, -0.05) is 48.5 Å². The average molecular weight is 773 g/mol. The maximum absolute atomic E-state index is 11.7. The van der Waals surface area contributed by atoms with Gasteiger partial charge in [0.05, 0.1) is 19.6 Å². The lowest BCUT2D eigenvalue weighted by molar-refractivity contribution is 0.228. The lowest BCUT2D eigenvalue weighted by atomic mass is 9.76. The van der Waals surface area contributed by atoms with Crippen LogP contribution in [0.2, 0.25) is 0 Å². The van der Waals surface area contributed by atoms with E-state index in [2.05, 4.69) is 0 Å². The van der Waals surface area contributed by atoms with Crippen molar-refractivity contribution >= 4 is 77.5 Å². The van der Waals surface area contributed by atoms with Crippen molar-refractivity contribution in [2.45, 2.75) is 32.4 Å². The minimum atomic E-state index is -4.43. The third-order valence-electron chi connectivity index (χ3n) is 8.19. The zero-order valence-corrected chi connectivity index (χ0v) is 29.9. The van der Waals surface area contributed by atoms with E-state index in [4.69, 9.17) is 0 Å². The minimum absolute atomic E-state index is 0.165. The monoisotopic (exact) mass is 772 g/mol. The molecule has 0 amide bonds. The van der Waals surface area contributed by atoms with Gasteiger partial charge in [0.1, 0.15) is 0 Å². The first-order valence-corrected chi connectivity index (χ1v) is 23.0. The van der Waals surface area contributed by atoms with Crippen molar-refractivity contribution in [3.05, 3.63) is 97.1 Å². The first-order chi connectivity index (χ1) is 22.3. The molecule has 12 nitrogen and oxygen atoms in total. The average Bonchev–Trinajstić information content (AvgIpc) is 3.00. The molecule has 0 spiro atoms. The normalized spacial score (nSPS) is 17.4. The maximum Gasteiger partial charge on any atom is 0.294 e. The predicted molar refractivity (Wildman–Crippen MR) is 183 cm³/mol. The Hall–Kier alpha value is -2.62. The van der Waals surface area contributed by atoms with Crippen LogP contribution < -0.4 is 21.2 Å². The molecule has 0 radical (unpaired) electrons. The summed E-state index contributed by atoms with van der Waals surface area (Å²) < 4.78 is 131. The highest BCUT2D eigenvalue weighted by Gasteiger charge is 2.36. The van der Waals surface area contributed by atoms with E-state index in [9.17, 15) is 51.9 Å². The Morgan fingerprint density at radius 1 is 0.396 bits per heavy atom. The van der Waals surface area contributed by atoms with Crippen LogP contribution in [0.15, 0.2) is 117 Å². The van der Waals surface area contributed by atoms with Crippen LogP contribution in [0.1, 0.15) is 12.8 Å². The number of rotatable bonds is 12. The Labute approximate surface area is 281 Å². The van der Waals surface area contributed by atoms with Crippen LogP contribution in [0.25, 0.3) is 0 Å². The molecular weight excluding hydrogens is 743 g/mol. The Morgan fingerprint density at radius 2 is 0.583 bits per heavy atom. The van der Waals surface area contributed by atoms with Crippen LogP contribution in [0.4, 0.5) is 0 Å². The van der Waals surface area contributed by atoms with Crippen LogP contribution in [-0.4, -0.2) is 64.2 Å². The van der Waals surface area contributed by atoms with Crippen molar-refractivity contribution in [2.24, 2.45) is 11.8 Å². The SMILES string of the molecule is O=S(=O)(O)c1ccc(P(CC2CCC2CP(c2ccc(S(=O)(=O)O)cc2)c2ccc(S(=O)(=O)O)cc2)c2ccc(S(=O)(=O)O)cc2)cc1. The molecule has 48 heavy (non-hydrogen) atoms. The standard InChI is InChI=1S/C30H30O12P2S4/c31-45(32,33)27-11-3-23(4-12-27)43(24-5-13-28(14-6-24)46(34,35)36)19-21-1-2-22(21)20-44(25-7-15-29(16-8-25)47(37,38)39)26-9-17-30(18-10-26)48(40,41)42/h3-18,21-22H,1-2,19-20H2,(H,31,32,33)(H,34,35,36)(H,37,38,39)(H,40,41,42). The van der Waals surface area contributed by atoms with Gasteiger partial charge in [-0.05, 0) is 123 Å². The predicted octanol–water partition coefficient (Wildman–Crippen LogP) is 3.27. The zero-order valence-electron chi connectivity index (χ0n) is 24.8. The molecule has 256 valence electrons. The minimum Gasteiger partial charge on any atom is -0.282 e. The fourth-order valence-electron chi connectivity index (χ4n) is 5.50. The second kappa shape index (κ2) is 13.9. The highest BCUT2D eigenvalue weighted by atomic mass is 32.2. The highest BCUT2D eigenvalue weighted by Crippen LogP contribution is 2.50. The molecule has 0 bridgehead atoms. The fraction of sp³-hybridized carbons (Fsp3) is 0.200. The summed E-state index contributed by atoms with van der Waals surface area (Å²) in [6.45, 7) is 0. The zero-order chi connectivity index (χ0) is 35.1. The van der Waals surface area contributed by atoms with Crippen molar-refractivity contribution in [3.63, 3.8) is 0 Å². The third kappa shape index (κ3) is 8.75. The molecule has 4 aromatic rings. The molecule has 4 N–H and O–H groups in total. The van der Waals surface area contributed by atoms with Crippen LogP contribution in [0.5, 0.6) is 0 Å². The molecule has 1 aliphatic rings. The smallest absolute Gasteiger partial charge is 0.282 e. The van der Waals surface area contributed by atoms with Gasteiger partial charge >= 0.3 is 0 Å². The Balaban J connectivity index is 1.47. The van der Waals surface area contributed by atoms with E-state index in [0.29, 0.717) is 12.3 Å². The van der Waals surface area contributed by atoms with Gasteiger partial charge in [-0.15, -0.1) is 0 Å². The molecule has 2 unspecified atom stereocenters. The summed E-state index contributed by atoms with van der Waals surface area (Å²) in [4.78, 5) is -1.07. The topological polar surface area (TPSA) is 217 Å². The Bertz CT molecular complexity index is 1910. The molecular formula is C30H30O12P2S4. The van der Waals surface area contributed by atoms with Gasteiger partial charge in [0.15, 0.2) is 0 Å². The van der Waals surface area contributed by atoms with E-state index < -0.39 is 56.3 Å². The van der Waals surface area contributed by atoms with Crippen molar-refractivity contribution in [2.75, 3.05) is 12.3 Å². The summed E-state index contributed by atoms with van der Waals surface area (Å²) in [7, 11) is -20.0. The lowest BCUT2D eigenvalue weighted by Gasteiger charge is -2.41. The molecule has 4 aromatic carbocycles. The maximum atomic E-state index is 11.7. The van der Waals surface area contributed by atoms with E-state index >= 15 is 0 Å². The first-order valence-electron chi connectivity index (χ1n) is 14.2. The third-order valence-corrected chi connectivity index (χ3v) is 17.0. The second-order valence-corrected chi connectivity index (χ2v) is 21.4. The molecule has 1 aliphatic carbocycles. The Kier molecular flexibility index (Phi) is 10.7. The summed E-state index contributed by atoms with van der Waals surface area (Å²) in [6.07, 6.45) is 3.01. The largest absolute Gasteiger partial charge is 0.294 e. The van der Waals surface area contributed by atoms with Crippen LogP contribution >= 0.6 is 15.8 Å². The molecule has 0 saturated heterocycles. The van der Waals surface area contributed by atoms with Crippen molar-refractivity contribution < 1.29 is 51.9 Å². The molecule has 0 aromatic heterocycles. The highest BCUT2D eigenvalue weighted by molar-refractivity contribution is 7.86. The number of hydrogen-bond donors (Lipinski definition) is 4. The van der Waals surface area contributed by atoms with Crippen LogP contribution in [0.3, 0.4) is 0 Å². The van der Waals surface area contributed by atoms with Gasteiger partial charge in [-0.3, -0.25) is 18.2 Å². The summed E-state index contributed by atoms with van der Waals surface area (Å²) in [5, 5.41) is 3.14. The first kappa shape index (κ1) is 36.7. The molecule has 2 atom stereocenters. The Morgan fingerprint density at radius 3 is 0.729 bits per heavy atom. The van der Waals surface area contributed by atoms with E-state index in [1.807, 2.05) is 0 Å². The van der Waals surface area contributed by atoms with E-state index in [1.165, 1.54) is 48.5 Å². The van der Waals surface area contributed by atoms with Crippen molar-refractivity contribution in [3.8, 4) is 0 Å². The summed E-state index contributed by atoms with van der Waals surface area (Å²) in [6, 6.07) is 23.3. The van der Waals surface area contributed by atoms with Gasteiger partial charge in [-0.25, -0.2) is 0 Å². The summed E-state index contributed by atoms with van der Waals surface area (Å²) >= 11 is 0. The van der Waals surface area contributed by atoms with E-state index in [1.54, 1.807) is 48.5 Å². The van der Waals surface area contributed by atoms with Crippen LogP contribution in [-0.2, 0) is 40.5 Å². The van der Waals surface area contributed by atoms with Gasteiger partial charge in [-0.2, -0.15) is 33.7 Å². The summed E-state index contributed by atoms with van der Waals surface area (Å²) in [5.41, 5.74) is 0. The molecule has 0 heterocycles. The van der Waals surface area contributed by atoms with Crippen molar-refractivity contribution in [1.82, 2.24) is 0 Å². The molecule has 1 saturated carbocycles. The van der Waals surface area contributed by atoms with Crippen LogP contribution in [0, 0.1) is 11.8 Å². The number of benzene rings is 4. The molecule has 5 rings (SSSR count). The fourth-order valence-corrected chi connectivity index (χ4v) is 12.8. The van der Waals surface area contributed by atoms with Gasteiger partial charge in [0, 0.05) is 0 Å². The number of hydrogen-bond acceptors (Lipinski definition) is 8. The van der Waals surface area contributed by atoms with Gasteiger partial charge in [0.2, 0.25) is 0 Å².